The fourth-order valence-electron chi connectivity index (χ4n) is 2.82. The van der Waals surface area contributed by atoms with Crippen LogP contribution in [0.25, 0.3) is 33.9 Å². The molecule has 0 spiro atoms. The van der Waals surface area contributed by atoms with Crippen LogP contribution in [-0.4, -0.2) is 24.2 Å². The number of anilines is 1. The Morgan fingerprint density at radius 1 is 0.963 bits per heavy atom. The van der Waals surface area contributed by atoms with Gasteiger partial charge in [-0.05, 0) is 24.3 Å². The van der Waals surface area contributed by atoms with Crippen LogP contribution in [0.15, 0.2) is 70.0 Å². The van der Waals surface area contributed by atoms with Crippen molar-refractivity contribution in [1.29, 1.82) is 0 Å². The normalized spacial score (nSPS) is 10.7. The molecule has 4 rings (SSSR count). The summed E-state index contributed by atoms with van der Waals surface area (Å²) in [6.07, 6.45) is 3.07. The summed E-state index contributed by atoms with van der Waals surface area (Å²) in [4.78, 5) is 13.5. The van der Waals surface area contributed by atoms with Crippen molar-refractivity contribution in [3.8, 4) is 39.7 Å². The van der Waals surface area contributed by atoms with Gasteiger partial charge >= 0.3 is 6.01 Å². The molecule has 4 aromatic rings. The van der Waals surface area contributed by atoms with Crippen molar-refractivity contribution in [3.63, 3.8) is 0 Å². The molecule has 0 aliphatic rings. The van der Waals surface area contributed by atoms with E-state index in [0.29, 0.717) is 17.2 Å². The predicted octanol–water partition coefficient (Wildman–Crippen LogP) is 4.65. The van der Waals surface area contributed by atoms with Gasteiger partial charge in [0.15, 0.2) is 17.9 Å². The van der Waals surface area contributed by atoms with Gasteiger partial charge in [0.2, 0.25) is 0 Å². The van der Waals surface area contributed by atoms with Gasteiger partial charge in [0, 0.05) is 16.7 Å². The Morgan fingerprint density at radius 2 is 1.74 bits per heavy atom. The molecule has 0 unspecified atom stereocenters. The first-order chi connectivity index (χ1) is 13.3. The third-order valence-corrected chi connectivity index (χ3v) is 4.05. The number of nitrogens with one attached hydrogen (secondary N) is 1. The molecule has 27 heavy (non-hydrogen) atoms. The molecule has 0 aliphatic carbocycles. The van der Waals surface area contributed by atoms with Gasteiger partial charge in [0.1, 0.15) is 11.4 Å². The third kappa shape index (κ3) is 3.28. The lowest BCUT2D eigenvalue weighted by molar-refractivity contribution is 0.256. The van der Waals surface area contributed by atoms with Crippen LogP contribution in [0.4, 0.5) is 6.01 Å². The zero-order valence-electron chi connectivity index (χ0n) is 14.8. The van der Waals surface area contributed by atoms with E-state index in [-0.39, 0.29) is 6.01 Å². The summed E-state index contributed by atoms with van der Waals surface area (Å²) in [6.45, 7) is 0. The van der Waals surface area contributed by atoms with Gasteiger partial charge in [-0.3, -0.25) is 4.84 Å². The van der Waals surface area contributed by atoms with Crippen molar-refractivity contribution in [1.82, 2.24) is 9.97 Å². The smallest absolute Gasteiger partial charge is 0.320 e. The number of benzene rings is 2. The van der Waals surface area contributed by atoms with Crippen LogP contribution in [0.5, 0.6) is 5.75 Å². The second-order valence-electron chi connectivity index (χ2n) is 5.64. The number of hydrogen-bond donors (Lipinski definition) is 1. The summed E-state index contributed by atoms with van der Waals surface area (Å²) >= 11 is 0. The molecule has 0 saturated heterocycles. The number of aromatic nitrogens is 2. The Bertz CT molecular complexity index is 1020. The van der Waals surface area contributed by atoms with Gasteiger partial charge in [-0.15, -0.1) is 0 Å². The van der Waals surface area contributed by atoms with Gasteiger partial charge in [0.25, 0.3) is 0 Å². The average molecular weight is 363 g/mol. The Morgan fingerprint density at radius 3 is 2.41 bits per heavy atom. The molecule has 1 N–H and O–H groups in total. The van der Waals surface area contributed by atoms with Gasteiger partial charge in [0.05, 0.1) is 20.4 Å². The van der Waals surface area contributed by atoms with Crippen molar-refractivity contribution in [2.45, 2.75) is 0 Å². The molecule has 2 aromatic heterocycles. The topological polar surface area (TPSA) is 82.5 Å². The summed E-state index contributed by atoms with van der Waals surface area (Å²) in [7, 11) is 3.13. The van der Waals surface area contributed by atoms with Crippen LogP contribution in [0.1, 0.15) is 0 Å². The highest BCUT2D eigenvalue weighted by Gasteiger charge is 2.21. The van der Waals surface area contributed by atoms with E-state index in [4.69, 9.17) is 18.4 Å². The van der Waals surface area contributed by atoms with Gasteiger partial charge < -0.3 is 13.6 Å². The standard InChI is InChI=1S/C20H17N3O4/c1-24-14-9-7-13(8-10-14)19-18(22-20(27-19)23-25-2)16-6-4-3-5-15(16)17-11-21-12-26-17/h3-12H,1-2H3,(H,22,23). The van der Waals surface area contributed by atoms with E-state index in [1.54, 1.807) is 13.3 Å². The summed E-state index contributed by atoms with van der Waals surface area (Å²) < 4.78 is 16.6. The monoisotopic (exact) mass is 363 g/mol. The number of hydrogen-bond acceptors (Lipinski definition) is 7. The number of nitrogens with zero attached hydrogens (tertiary/aromatic N) is 2. The molecule has 0 saturated carbocycles. The van der Waals surface area contributed by atoms with E-state index in [1.807, 2.05) is 48.5 Å². The molecule has 0 bridgehead atoms. The molecule has 0 radical (unpaired) electrons. The van der Waals surface area contributed by atoms with Crippen LogP contribution < -0.4 is 10.2 Å². The highest BCUT2D eigenvalue weighted by atomic mass is 16.6. The number of ether oxygens (including phenoxy) is 1. The van der Waals surface area contributed by atoms with Gasteiger partial charge in [-0.25, -0.2) is 10.5 Å². The maximum absolute atomic E-state index is 5.91. The Kier molecular flexibility index (Phi) is 4.59. The Labute approximate surface area is 155 Å². The van der Waals surface area contributed by atoms with E-state index >= 15 is 0 Å². The average Bonchev–Trinajstić information content (AvgIpc) is 3.39. The zero-order chi connectivity index (χ0) is 18.6. The minimum atomic E-state index is 0.255. The molecule has 0 atom stereocenters. The van der Waals surface area contributed by atoms with Crippen molar-refractivity contribution in [2.75, 3.05) is 19.7 Å². The lowest BCUT2D eigenvalue weighted by Crippen LogP contribution is -1.95. The van der Waals surface area contributed by atoms with E-state index < -0.39 is 0 Å². The minimum Gasteiger partial charge on any atom is -0.497 e. The lowest BCUT2D eigenvalue weighted by Gasteiger charge is -2.07. The molecule has 2 aromatic carbocycles. The molecule has 7 nitrogen and oxygen atoms in total. The first-order valence-electron chi connectivity index (χ1n) is 8.22. The molecule has 0 amide bonds. The molecule has 2 heterocycles. The number of rotatable bonds is 6. The zero-order valence-corrected chi connectivity index (χ0v) is 14.8. The van der Waals surface area contributed by atoms with Crippen LogP contribution in [-0.2, 0) is 4.84 Å². The molecule has 7 heteroatoms. The SMILES string of the molecule is CONc1nc(-c2ccccc2-c2cnco2)c(-c2ccc(OC)cc2)o1. The maximum Gasteiger partial charge on any atom is 0.320 e. The second-order valence-corrected chi connectivity index (χ2v) is 5.64. The fraction of sp³-hybridized carbons (Fsp3) is 0.100. The highest BCUT2D eigenvalue weighted by Crippen LogP contribution is 2.39. The first kappa shape index (κ1) is 16.9. The fourth-order valence-corrected chi connectivity index (χ4v) is 2.82. The summed E-state index contributed by atoms with van der Waals surface area (Å²) in [5, 5.41) is 0. The predicted molar refractivity (Wildman–Crippen MR) is 100 cm³/mol. The molecule has 0 aliphatic heterocycles. The van der Waals surface area contributed by atoms with Crippen molar-refractivity contribution in [2.24, 2.45) is 0 Å². The largest absolute Gasteiger partial charge is 0.497 e. The Hall–Kier alpha value is -3.58. The molecular weight excluding hydrogens is 346 g/mol. The van der Waals surface area contributed by atoms with E-state index in [0.717, 1.165) is 22.4 Å². The minimum absolute atomic E-state index is 0.255. The van der Waals surface area contributed by atoms with Crippen molar-refractivity contribution in [3.05, 3.63) is 61.1 Å². The first-order valence-corrected chi connectivity index (χ1v) is 8.22. The highest BCUT2D eigenvalue weighted by molar-refractivity contribution is 5.86. The number of methoxy groups -OCH3 is 1. The summed E-state index contributed by atoms with van der Waals surface area (Å²) in [5.74, 6) is 2.01. The third-order valence-electron chi connectivity index (χ3n) is 4.05. The quantitative estimate of drug-likeness (QED) is 0.499. The second kappa shape index (κ2) is 7.35. The van der Waals surface area contributed by atoms with E-state index in [2.05, 4.69) is 15.4 Å². The molecular formula is C20H17N3O4. The van der Waals surface area contributed by atoms with Crippen LogP contribution in [0, 0.1) is 0 Å². The maximum atomic E-state index is 5.91. The van der Waals surface area contributed by atoms with Crippen molar-refractivity contribution < 1.29 is 18.4 Å². The van der Waals surface area contributed by atoms with Crippen LogP contribution in [0.2, 0.25) is 0 Å². The Balaban J connectivity index is 1.88. The lowest BCUT2D eigenvalue weighted by atomic mass is 9.99. The van der Waals surface area contributed by atoms with E-state index in [9.17, 15) is 0 Å². The summed E-state index contributed by atoms with van der Waals surface area (Å²) in [5.41, 5.74) is 5.88. The molecule has 0 fully saturated rings. The van der Waals surface area contributed by atoms with Gasteiger partial charge in [-0.1, -0.05) is 24.3 Å². The van der Waals surface area contributed by atoms with Crippen LogP contribution >= 0.6 is 0 Å². The summed E-state index contributed by atoms with van der Waals surface area (Å²) in [6, 6.07) is 15.6. The number of oxazole rings is 2. The molecule has 136 valence electrons. The van der Waals surface area contributed by atoms with E-state index in [1.165, 1.54) is 13.5 Å². The van der Waals surface area contributed by atoms with Gasteiger partial charge in [-0.2, -0.15) is 4.98 Å². The van der Waals surface area contributed by atoms with Crippen LogP contribution in [0.3, 0.4) is 0 Å². The van der Waals surface area contributed by atoms with Crippen molar-refractivity contribution >= 4 is 6.01 Å².